The van der Waals surface area contributed by atoms with Crippen molar-refractivity contribution in [2.24, 2.45) is 0 Å². The first-order valence-electron chi connectivity index (χ1n) is 5.98. The summed E-state index contributed by atoms with van der Waals surface area (Å²) >= 11 is 0. The minimum absolute atomic E-state index is 0.326. The minimum Gasteiger partial charge on any atom is -0.504 e. The molecule has 0 bridgehead atoms. The van der Waals surface area contributed by atoms with Crippen LogP contribution in [0.4, 0.5) is 0 Å². The van der Waals surface area contributed by atoms with Crippen LogP contribution in [0.5, 0.6) is 5.75 Å². The van der Waals surface area contributed by atoms with Gasteiger partial charge in [0.25, 0.3) is 0 Å². The number of aromatic nitrogens is 2. The number of nitrogens with zero attached hydrogens (tertiary/aromatic N) is 2. The molecule has 17 heavy (non-hydrogen) atoms. The summed E-state index contributed by atoms with van der Waals surface area (Å²) in [7, 11) is 0. The molecule has 1 N–H and O–H groups in total. The summed E-state index contributed by atoms with van der Waals surface area (Å²) < 4.78 is 1.81. The summed E-state index contributed by atoms with van der Waals surface area (Å²) in [4.78, 5) is 0. The summed E-state index contributed by atoms with van der Waals surface area (Å²) in [6.45, 7) is 6.03. The third-order valence-corrected chi connectivity index (χ3v) is 2.92. The Balaban J connectivity index is 2.45. The molecule has 0 atom stereocenters. The summed E-state index contributed by atoms with van der Waals surface area (Å²) in [5.41, 5.74) is 3.80. The first-order valence-corrected chi connectivity index (χ1v) is 5.98. The van der Waals surface area contributed by atoms with Crippen LogP contribution in [0.15, 0.2) is 24.3 Å². The Hall–Kier alpha value is -1.77. The van der Waals surface area contributed by atoms with Crippen LogP contribution >= 0.6 is 0 Å². The van der Waals surface area contributed by atoms with Crippen molar-refractivity contribution in [2.45, 2.75) is 33.6 Å². The summed E-state index contributed by atoms with van der Waals surface area (Å²) in [6.07, 6.45) is 1.80. The fourth-order valence-electron chi connectivity index (χ4n) is 1.89. The molecule has 0 saturated carbocycles. The van der Waals surface area contributed by atoms with Crippen LogP contribution in [-0.4, -0.2) is 14.9 Å². The molecule has 1 aromatic heterocycles. The van der Waals surface area contributed by atoms with Gasteiger partial charge in [0.15, 0.2) is 5.75 Å². The third-order valence-electron chi connectivity index (χ3n) is 2.92. The highest BCUT2D eigenvalue weighted by Crippen LogP contribution is 2.25. The summed E-state index contributed by atoms with van der Waals surface area (Å²) in [6, 6.07) is 8.13. The van der Waals surface area contributed by atoms with Gasteiger partial charge in [-0.05, 0) is 32.4 Å². The number of benzene rings is 1. The highest BCUT2D eigenvalue weighted by Gasteiger charge is 2.13. The van der Waals surface area contributed by atoms with Crippen LogP contribution in [0.1, 0.15) is 30.3 Å². The smallest absolute Gasteiger partial charge is 0.160 e. The normalized spacial score (nSPS) is 10.8. The molecular formula is C14H18N2O. The van der Waals surface area contributed by atoms with E-state index in [2.05, 4.69) is 18.9 Å². The second kappa shape index (κ2) is 4.62. The highest BCUT2D eigenvalue weighted by atomic mass is 16.3. The molecule has 0 fully saturated rings. The zero-order chi connectivity index (χ0) is 12.4. The lowest BCUT2D eigenvalue weighted by atomic mass is 10.2. The van der Waals surface area contributed by atoms with Gasteiger partial charge in [-0.25, -0.2) is 4.68 Å². The Bertz CT molecular complexity index is 512. The molecule has 2 rings (SSSR count). The van der Waals surface area contributed by atoms with Crippen molar-refractivity contribution < 1.29 is 5.11 Å². The van der Waals surface area contributed by atoms with E-state index in [4.69, 9.17) is 0 Å². The second-order valence-electron chi connectivity index (χ2n) is 4.38. The Morgan fingerprint density at radius 1 is 1.18 bits per heavy atom. The minimum atomic E-state index is 0.326. The van der Waals surface area contributed by atoms with E-state index in [1.165, 1.54) is 5.56 Å². The van der Waals surface area contributed by atoms with Crippen molar-refractivity contribution in [2.75, 3.05) is 0 Å². The van der Waals surface area contributed by atoms with Gasteiger partial charge in [0.05, 0.1) is 11.4 Å². The van der Waals surface area contributed by atoms with E-state index < -0.39 is 0 Å². The molecule has 0 aliphatic carbocycles. The third kappa shape index (κ3) is 2.18. The quantitative estimate of drug-likeness (QED) is 0.879. The van der Waals surface area contributed by atoms with E-state index in [1.807, 2.05) is 31.2 Å². The predicted octanol–water partition coefficient (Wildman–Crippen LogP) is 3.15. The predicted molar refractivity (Wildman–Crippen MR) is 68.7 cm³/mol. The van der Waals surface area contributed by atoms with Crippen molar-refractivity contribution in [1.82, 2.24) is 9.78 Å². The lowest BCUT2D eigenvalue weighted by Gasteiger charge is -2.04. The average Bonchev–Trinajstić information content (AvgIpc) is 2.59. The Labute approximate surface area is 102 Å². The van der Waals surface area contributed by atoms with Gasteiger partial charge in [-0.15, -0.1) is 0 Å². The molecule has 0 saturated heterocycles. The Morgan fingerprint density at radius 2 is 1.82 bits per heavy atom. The van der Waals surface area contributed by atoms with Gasteiger partial charge in [0.2, 0.25) is 0 Å². The van der Waals surface area contributed by atoms with Gasteiger partial charge in [-0.3, -0.25) is 0 Å². The molecule has 0 aliphatic rings. The lowest BCUT2D eigenvalue weighted by Crippen LogP contribution is -1.99. The van der Waals surface area contributed by atoms with Crippen molar-refractivity contribution in [3.63, 3.8) is 0 Å². The van der Waals surface area contributed by atoms with Crippen molar-refractivity contribution in [3.8, 4) is 11.4 Å². The highest BCUT2D eigenvalue weighted by molar-refractivity contribution is 5.41. The fourth-order valence-corrected chi connectivity index (χ4v) is 1.89. The van der Waals surface area contributed by atoms with Gasteiger partial charge < -0.3 is 5.11 Å². The van der Waals surface area contributed by atoms with Crippen LogP contribution in [0.3, 0.4) is 0 Å². The topological polar surface area (TPSA) is 38.0 Å². The molecule has 3 heteroatoms. The van der Waals surface area contributed by atoms with Crippen LogP contribution in [-0.2, 0) is 6.42 Å². The van der Waals surface area contributed by atoms with Gasteiger partial charge in [0, 0.05) is 0 Å². The Morgan fingerprint density at radius 3 is 2.41 bits per heavy atom. The van der Waals surface area contributed by atoms with E-state index in [9.17, 15) is 5.11 Å². The van der Waals surface area contributed by atoms with Crippen LogP contribution in [0.2, 0.25) is 0 Å². The van der Waals surface area contributed by atoms with E-state index in [-0.39, 0.29) is 0 Å². The number of aryl methyl sites for hydroxylation is 2. The van der Waals surface area contributed by atoms with E-state index in [0.717, 1.165) is 29.9 Å². The molecule has 1 aromatic carbocycles. The maximum Gasteiger partial charge on any atom is 0.160 e. The standard InChI is InChI=1S/C14H18N2O/c1-4-5-13-14(17)11(3)16(15-13)12-8-6-10(2)7-9-12/h6-9,17H,4-5H2,1-3H3. The van der Waals surface area contributed by atoms with Crippen LogP contribution < -0.4 is 0 Å². The number of hydrogen-bond acceptors (Lipinski definition) is 2. The first-order chi connectivity index (χ1) is 8.13. The molecule has 0 radical (unpaired) electrons. The van der Waals surface area contributed by atoms with E-state index >= 15 is 0 Å². The molecule has 1 heterocycles. The van der Waals surface area contributed by atoms with E-state index in [1.54, 1.807) is 4.68 Å². The van der Waals surface area contributed by atoms with E-state index in [0.29, 0.717) is 5.75 Å². The maximum atomic E-state index is 9.98. The fraction of sp³-hybridized carbons (Fsp3) is 0.357. The molecular weight excluding hydrogens is 212 g/mol. The molecule has 0 unspecified atom stereocenters. The molecule has 90 valence electrons. The number of aromatic hydroxyl groups is 1. The monoisotopic (exact) mass is 230 g/mol. The largest absolute Gasteiger partial charge is 0.504 e. The van der Waals surface area contributed by atoms with Crippen LogP contribution in [0, 0.1) is 13.8 Å². The maximum absolute atomic E-state index is 9.98. The molecule has 2 aromatic rings. The van der Waals surface area contributed by atoms with Gasteiger partial charge >= 0.3 is 0 Å². The zero-order valence-electron chi connectivity index (χ0n) is 10.6. The summed E-state index contributed by atoms with van der Waals surface area (Å²) in [5, 5.41) is 14.4. The first kappa shape index (κ1) is 11.7. The van der Waals surface area contributed by atoms with Gasteiger partial charge in [0.1, 0.15) is 5.69 Å². The van der Waals surface area contributed by atoms with Crippen molar-refractivity contribution in [1.29, 1.82) is 0 Å². The second-order valence-corrected chi connectivity index (χ2v) is 4.38. The molecule has 0 aliphatic heterocycles. The average molecular weight is 230 g/mol. The SMILES string of the molecule is CCCc1nn(-c2ccc(C)cc2)c(C)c1O. The van der Waals surface area contributed by atoms with Gasteiger partial charge in [-0.2, -0.15) is 5.10 Å². The number of rotatable bonds is 3. The molecule has 0 amide bonds. The summed E-state index contributed by atoms with van der Waals surface area (Å²) in [5.74, 6) is 0.326. The zero-order valence-corrected chi connectivity index (χ0v) is 10.6. The lowest BCUT2D eigenvalue weighted by molar-refractivity contribution is 0.463. The van der Waals surface area contributed by atoms with Gasteiger partial charge in [-0.1, -0.05) is 31.0 Å². The number of hydrogen-bond donors (Lipinski definition) is 1. The van der Waals surface area contributed by atoms with Crippen molar-refractivity contribution >= 4 is 0 Å². The van der Waals surface area contributed by atoms with Crippen LogP contribution in [0.25, 0.3) is 5.69 Å². The Kier molecular flexibility index (Phi) is 3.18. The molecule has 3 nitrogen and oxygen atoms in total. The molecule has 0 spiro atoms. The van der Waals surface area contributed by atoms with Crippen molar-refractivity contribution in [3.05, 3.63) is 41.2 Å².